The molecule has 4 nitrogen and oxygen atoms in total. The topological polar surface area (TPSA) is 49.3 Å². The van der Waals surface area contributed by atoms with E-state index in [2.05, 4.69) is 90.4 Å². The van der Waals surface area contributed by atoms with Gasteiger partial charge in [-0.1, -0.05) is 49.9 Å². The molecule has 0 saturated heterocycles. The van der Waals surface area contributed by atoms with Gasteiger partial charge >= 0.3 is 0 Å². The summed E-state index contributed by atoms with van der Waals surface area (Å²) in [5, 5.41) is 6.81. The number of nitrogens with zero attached hydrogens (tertiary/aromatic N) is 2. The van der Waals surface area contributed by atoms with E-state index < -0.39 is 0 Å². The van der Waals surface area contributed by atoms with Crippen LogP contribution in [0.2, 0.25) is 0 Å². The molecule has 2 aromatic carbocycles. The van der Waals surface area contributed by atoms with Gasteiger partial charge in [0.05, 0.1) is 18.1 Å². The summed E-state index contributed by atoms with van der Waals surface area (Å²) in [6, 6.07) is 16.8. The van der Waals surface area contributed by atoms with Crippen LogP contribution < -0.4 is 10.6 Å². The molecule has 30 heavy (non-hydrogen) atoms. The maximum atomic E-state index is 4.69. The van der Waals surface area contributed by atoms with Crippen LogP contribution in [0.3, 0.4) is 0 Å². The van der Waals surface area contributed by atoms with Gasteiger partial charge in [-0.2, -0.15) is 0 Å². The van der Waals surface area contributed by atoms with E-state index in [0.29, 0.717) is 6.54 Å². The Balaban J connectivity index is 1.75. The first-order valence-electron chi connectivity index (χ1n) is 10.3. The standard InChI is InChI=1S/C26H30N4/c1-6-21-9-11-22(12-10-21)17-28-20(5)29-25-14-15-27-26(24(25)7-2)30-23-13-8-18(3)19(4)16-23/h7-16H,2,6,17H2,1,3-5H3,(H2,27,28,29,30). The molecular weight excluding hydrogens is 368 g/mol. The molecule has 0 radical (unpaired) electrons. The molecule has 154 valence electrons. The van der Waals surface area contributed by atoms with Gasteiger partial charge in [0.2, 0.25) is 0 Å². The Morgan fingerprint density at radius 2 is 1.77 bits per heavy atom. The number of nitrogens with one attached hydrogen (secondary N) is 2. The number of aryl methyl sites for hydroxylation is 3. The van der Waals surface area contributed by atoms with Gasteiger partial charge in [0.15, 0.2) is 0 Å². The van der Waals surface area contributed by atoms with E-state index in [0.717, 1.165) is 35.0 Å². The monoisotopic (exact) mass is 398 g/mol. The van der Waals surface area contributed by atoms with Crippen molar-refractivity contribution in [2.24, 2.45) is 4.99 Å². The van der Waals surface area contributed by atoms with Crippen molar-refractivity contribution in [2.45, 2.75) is 40.7 Å². The number of benzene rings is 2. The lowest BCUT2D eigenvalue weighted by Crippen LogP contribution is -2.10. The normalized spacial score (nSPS) is 11.3. The van der Waals surface area contributed by atoms with E-state index in [9.17, 15) is 0 Å². The van der Waals surface area contributed by atoms with Crippen LogP contribution in [0.5, 0.6) is 0 Å². The highest BCUT2D eigenvalue weighted by atomic mass is 15.0. The quantitative estimate of drug-likeness (QED) is 0.345. The molecule has 0 aliphatic heterocycles. The van der Waals surface area contributed by atoms with Crippen molar-refractivity contribution in [2.75, 3.05) is 10.6 Å². The second-order valence-corrected chi connectivity index (χ2v) is 7.45. The number of aromatic nitrogens is 1. The summed E-state index contributed by atoms with van der Waals surface area (Å²) in [5.74, 6) is 1.61. The highest BCUT2D eigenvalue weighted by Gasteiger charge is 2.09. The molecule has 4 heteroatoms. The lowest BCUT2D eigenvalue weighted by molar-refractivity contribution is 1.05. The Morgan fingerprint density at radius 1 is 1.03 bits per heavy atom. The van der Waals surface area contributed by atoms with E-state index in [4.69, 9.17) is 0 Å². The number of rotatable bonds is 7. The third-order valence-electron chi connectivity index (χ3n) is 5.21. The van der Waals surface area contributed by atoms with Gasteiger partial charge in [-0.25, -0.2) is 4.98 Å². The summed E-state index contributed by atoms with van der Waals surface area (Å²) in [6.07, 6.45) is 4.65. The maximum Gasteiger partial charge on any atom is 0.139 e. The highest BCUT2D eigenvalue weighted by Crippen LogP contribution is 2.27. The fourth-order valence-corrected chi connectivity index (χ4v) is 3.17. The summed E-state index contributed by atoms with van der Waals surface area (Å²) >= 11 is 0. The van der Waals surface area contributed by atoms with Gasteiger partial charge in [0.25, 0.3) is 0 Å². The number of amidine groups is 1. The molecule has 1 aromatic heterocycles. The Labute approximate surface area is 179 Å². The predicted octanol–water partition coefficient (Wildman–Crippen LogP) is 6.68. The zero-order valence-electron chi connectivity index (χ0n) is 18.3. The first-order valence-corrected chi connectivity index (χ1v) is 10.3. The maximum absolute atomic E-state index is 4.69. The van der Waals surface area contributed by atoms with Crippen molar-refractivity contribution in [3.63, 3.8) is 0 Å². The SMILES string of the molecule is C=Cc1c(NC(C)=NCc2ccc(CC)cc2)ccnc1Nc1ccc(C)c(C)c1. The lowest BCUT2D eigenvalue weighted by atomic mass is 10.1. The first-order chi connectivity index (χ1) is 14.5. The molecule has 0 fully saturated rings. The second-order valence-electron chi connectivity index (χ2n) is 7.45. The first kappa shape index (κ1) is 21.3. The fourth-order valence-electron chi connectivity index (χ4n) is 3.17. The van der Waals surface area contributed by atoms with Gasteiger partial charge in [0, 0.05) is 17.4 Å². The molecule has 3 aromatic rings. The Hall–Kier alpha value is -3.40. The van der Waals surface area contributed by atoms with Crippen LogP contribution in [0.4, 0.5) is 17.2 Å². The molecule has 0 saturated carbocycles. The van der Waals surface area contributed by atoms with Gasteiger partial charge < -0.3 is 10.6 Å². The molecule has 1 heterocycles. The molecule has 0 amide bonds. The summed E-state index contributed by atoms with van der Waals surface area (Å²) in [6.45, 7) is 13.0. The van der Waals surface area contributed by atoms with Crippen LogP contribution in [0.25, 0.3) is 6.08 Å². The molecular formula is C26H30N4. The van der Waals surface area contributed by atoms with E-state index in [1.807, 2.05) is 19.1 Å². The van der Waals surface area contributed by atoms with E-state index in [-0.39, 0.29) is 0 Å². The zero-order valence-corrected chi connectivity index (χ0v) is 18.3. The number of anilines is 3. The van der Waals surface area contributed by atoms with Crippen LogP contribution in [0, 0.1) is 13.8 Å². The summed E-state index contributed by atoms with van der Waals surface area (Å²) in [5.41, 5.74) is 7.89. The minimum atomic E-state index is 0.644. The summed E-state index contributed by atoms with van der Waals surface area (Å²) < 4.78 is 0. The molecule has 0 aliphatic carbocycles. The number of aliphatic imine (C=N–C) groups is 1. The summed E-state index contributed by atoms with van der Waals surface area (Å²) in [4.78, 5) is 9.20. The van der Waals surface area contributed by atoms with Crippen LogP contribution in [0.15, 0.2) is 66.3 Å². The molecule has 0 unspecified atom stereocenters. The zero-order chi connectivity index (χ0) is 21.5. The lowest BCUT2D eigenvalue weighted by Gasteiger charge is -2.15. The summed E-state index contributed by atoms with van der Waals surface area (Å²) in [7, 11) is 0. The Bertz CT molecular complexity index is 1050. The van der Waals surface area contributed by atoms with Crippen LogP contribution in [-0.4, -0.2) is 10.8 Å². The van der Waals surface area contributed by atoms with Gasteiger partial charge in [-0.05, 0) is 67.6 Å². The molecule has 0 spiro atoms. The molecule has 0 aliphatic rings. The Kier molecular flexibility index (Phi) is 7.02. The average Bonchev–Trinajstić information content (AvgIpc) is 2.75. The number of pyridine rings is 1. The van der Waals surface area contributed by atoms with Gasteiger partial charge in [-0.15, -0.1) is 0 Å². The third kappa shape index (κ3) is 5.35. The van der Waals surface area contributed by atoms with Gasteiger partial charge in [-0.3, -0.25) is 4.99 Å². The van der Waals surface area contributed by atoms with Crippen LogP contribution >= 0.6 is 0 Å². The molecule has 2 N–H and O–H groups in total. The predicted molar refractivity (Wildman–Crippen MR) is 130 cm³/mol. The van der Waals surface area contributed by atoms with Crippen molar-refractivity contribution >= 4 is 29.1 Å². The fraction of sp³-hybridized carbons (Fsp3) is 0.231. The molecule has 0 bridgehead atoms. The number of hydrogen-bond donors (Lipinski definition) is 2. The van der Waals surface area contributed by atoms with E-state index in [1.54, 1.807) is 6.20 Å². The van der Waals surface area contributed by atoms with E-state index in [1.165, 1.54) is 22.3 Å². The largest absolute Gasteiger partial charge is 0.344 e. The molecule has 0 atom stereocenters. The van der Waals surface area contributed by atoms with Crippen molar-refractivity contribution in [1.82, 2.24) is 4.98 Å². The van der Waals surface area contributed by atoms with Gasteiger partial charge in [0.1, 0.15) is 5.82 Å². The van der Waals surface area contributed by atoms with Crippen LogP contribution in [-0.2, 0) is 13.0 Å². The second kappa shape index (κ2) is 9.88. The van der Waals surface area contributed by atoms with Crippen molar-refractivity contribution in [3.8, 4) is 0 Å². The minimum absolute atomic E-state index is 0.644. The van der Waals surface area contributed by atoms with Crippen molar-refractivity contribution in [1.29, 1.82) is 0 Å². The van der Waals surface area contributed by atoms with Crippen molar-refractivity contribution < 1.29 is 0 Å². The Morgan fingerprint density at radius 3 is 2.43 bits per heavy atom. The highest BCUT2D eigenvalue weighted by molar-refractivity contribution is 5.96. The van der Waals surface area contributed by atoms with Crippen LogP contribution in [0.1, 0.15) is 41.7 Å². The third-order valence-corrected chi connectivity index (χ3v) is 5.21. The van der Waals surface area contributed by atoms with E-state index >= 15 is 0 Å². The average molecular weight is 399 g/mol. The smallest absolute Gasteiger partial charge is 0.139 e. The van der Waals surface area contributed by atoms with Crippen molar-refractivity contribution in [3.05, 3.63) is 89.1 Å². The number of hydrogen-bond acceptors (Lipinski definition) is 3. The molecule has 3 rings (SSSR count). The minimum Gasteiger partial charge on any atom is -0.344 e.